The predicted octanol–water partition coefficient (Wildman–Crippen LogP) is 1.63. The van der Waals surface area contributed by atoms with E-state index in [2.05, 4.69) is 0 Å². The van der Waals surface area contributed by atoms with Crippen LogP contribution in [0.1, 0.15) is 33.8 Å². The molecule has 5 heteroatoms. The van der Waals surface area contributed by atoms with E-state index in [4.69, 9.17) is 10.8 Å². The number of carbonyl (C=O) groups is 1. The van der Waals surface area contributed by atoms with Gasteiger partial charge in [0.15, 0.2) is 0 Å². The van der Waals surface area contributed by atoms with Gasteiger partial charge in [0.2, 0.25) is 0 Å². The third-order valence-corrected chi connectivity index (χ3v) is 4.34. The third-order valence-electron chi connectivity index (χ3n) is 3.28. The van der Waals surface area contributed by atoms with Gasteiger partial charge in [-0.1, -0.05) is 0 Å². The van der Waals surface area contributed by atoms with E-state index >= 15 is 0 Å². The van der Waals surface area contributed by atoms with Crippen LogP contribution in [0.25, 0.3) is 0 Å². The zero-order valence-corrected chi connectivity index (χ0v) is 10.8. The van der Waals surface area contributed by atoms with Crippen LogP contribution in [-0.4, -0.2) is 35.1 Å². The fourth-order valence-electron chi connectivity index (χ4n) is 2.00. The van der Waals surface area contributed by atoms with Crippen LogP contribution < -0.4 is 5.73 Å². The molecule has 1 heterocycles. The Morgan fingerprint density at radius 3 is 2.76 bits per heavy atom. The fourth-order valence-corrected chi connectivity index (χ4v) is 2.90. The molecule has 0 radical (unpaired) electrons. The lowest BCUT2D eigenvalue weighted by Crippen LogP contribution is -2.45. The molecule has 3 N–H and O–H groups in total. The average molecular weight is 254 g/mol. The van der Waals surface area contributed by atoms with Gasteiger partial charge in [-0.2, -0.15) is 0 Å². The van der Waals surface area contributed by atoms with Gasteiger partial charge in [0.1, 0.15) is 0 Å². The summed E-state index contributed by atoms with van der Waals surface area (Å²) >= 11 is 1.43. The Morgan fingerprint density at radius 2 is 2.35 bits per heavy atom. The second-order valence-corrected chi connectivity index (χ2v) is 5.69. The highest BCUT2D eigenvalue weighted by molar-refractivity contribution is 7.14. The van der Waals surface area contributed by atoms with Gasteiger partial charge in [-0.05, 0) is 32.3 Å². The number of aliphatic hydroxyl groups excluding tert-OH is 1. The van der Waals surface area contributed by atoms with E-state index in [1.54, 1.807) is 11.0 Å². The molecule has 1 aliphatic carbocycles. The number of nitrogen functional groups attached to an aromatic ring is 1. The van der Waals surface area contributed by atoms with E-state index < -0.39 is 0 Å². The van der Waals surface area contributed by atoms with Gasteiger partial charge in [-0.15, -0.1) is 11.3 Å². The highest BCUT2D eigenvalue weighted by atomic mass is 32.1. The van der Waals surface area contributed by atoms with Crippen molar-refractivity contribution in [2.24, 2.45) is 0 Å². The number of amides is 1. The van der Waals surface area contributed by atoms with Crippen molar-refractivity contribution in [1.29, 1.82) is 0 Å². The normalized spacial score (nSPS) is 15.6. The summed E-state index contributed by atoms with van der Waals surface area (Å²) < 4.78 is 0. The molecule has 0 aliphatic heterocycles. The van der Waals surface area contributed by atoms with Crippen molar-refractivity contribution in [1.82, 2.24) is 4.90 Å². The molecule has 1 aromatic rings. The van der Waals surface area contributed by atoms with Gasteiger partial charge < -0.3 is 15.7 Å². The number of rotatable bonds is 4. The first-order valence-electron chi connectivity index (χ1n) is 5.91. The second-order valence-electron chi connectivity index (χ2n) is 4.43. The third kappa shape index (κ3) is 2.45. The Bertz CT molecular complexity index is 393. The molecule has 4 nitrogen and oxygen atoms in total. The summed E-state index contributed by atoms with van der Waals surface area (Å²) in [5, 5.41) is 9.05. The van der Waals surface area contributed by atoms with Crippen LogP contribution in [-0.2, 0) is 0 Å². The number of hydrogen-bond acceptors (Lipinski definition) is 4. The van der Waals surface area contributed by atoms with Crippen LogP contribution in [0.4, 0.5) is 5.69 Å². The molecule has 1 saturated carbocycles. The summed E-state index contributed by atoms with van der Waals surface area (Å²) in [7, 11) is 0. The van der Waals surface area contributed by atoms with Crippen molar-refractivity contribution >= 4 is 22.9 Å². The topological polar surface area (TPSA) is 66.6 Å². The number of thiophene rings is 1. The first-order chi connectivity index (χ1) is 8.13. The minimum absolute atomic E-state index is 0.00792. The molecule has 1 fully saturated rings. The van der Waals surface area contributed by atoms with Crippen molar-refractivity contribution in [3.05, 3.63) is 15.8 Å². The molecule has 1 aromatic heterocycles. The molecular weight excluding hydrogens is 236 g/mol. The number of aliphatic hydroxyl groups is 1. The molecule has 0 unspecified atom stereocenters. The summed E-state index contributed by atoms with van der Waals surface area (Å²) in [5.74, 6) is 0.00792. The maximum atomic E-state index is 12.3. The molecule has 1 amide bonds. The van der Waals surface area contributed by atoms with E-state index in [9.17, 15) is 4.79 Å². The van der Waals surface area contributed by atoms with E-state index in [0.717, 1.165) is 17.7 Å². The zero-order valence-electron chi connectivity index (χ0n) is 9.98. The maximum absolute atomic E-state index is 12.3. The van der Waals surface area contributed by atoms with Crippen LogP contribution in [0, 0.1) is 6.92 Å². The van der Waals surface area contributed by atoms with Gasteiger partial charge in [0.25, 0.3) is 5.91 Å². The molecule has 0 saturated heterocycles. The molecule has 2 rings (SSSR count). The molecule has 1 aliphatic rings. The Hall–Kier alpha value is -1.07. The monoisotopic (exact) mass is 254 g/mol. The van der Waals surface area contributed by atoms with Gasteiger partial charge in [0.05, 0.1) is 11.5 Å². The Labute approximate surface area is 105 Å². The number of aryl methyl sites for hydroxylation is 1. The summed E-state index contributed by atoms with van der Waals surface area (Å²) in [5.41, 5.74) is 6.44. The smallest absolute Gasteiger partial charge is 0.264 e. The lowest BCUT2D eigenvalue weighted by Gasteiger charge is -2.37. The second kappa shape index (κ2) is 5.06. The summed E-state index contributed by atoms with van der Waals surface area (Å²) in [4.78, 5) is 15.7. The number of anilines is 1. The van der Waals surface area contributed by atoms with Crippen molar-refractivity contribution in [2.45, 2.75) is 32.2 Å². The summed E-state index contributed by atoms with van der Waals surface area (Å²) in [6.45, 7) is 2.35. The molecule has 0 atom stereocenters. The first-order valence-corrected chi connectivity index (χ1v) is 6.73. The van der Waals surface area contributed by atoms with Crippen molar-refractivity contribution < 1.29 is 9.90 Å². The van der Waals surface area contributed by atoms with Crippen LogP contribution in [0.15, 0.2) is 6.07 Å². The van der Waals surface area contributed by atoms with E-state index in [-0.39, 0.29) is 12.5 Å². The van der Waals surface area contributed by atoms with Crippen LogP contribution in [0.3, 0.4) is 0 Å². The van der Waals surface area contributed by atoms with Gasteiger partial charge >= 0.3 is 0 Å². The van der Waals surface area contributed by atoms with Crippen LogP contribution >= 0.6 is 11.3 Å². The Kier molecular flexibility index (Phi) is 3.69. The number of hydrogen-bond donors (Lipinski definition) is 2. The van der Waals surface area contributed by atoms with Crippen molar-refractivity contribution in [3.63, 3.8) is 0 Å². The Morgan fingerprint density at radius 1 is 1.65 bits per heavy atom. The number of nitrogens with two attached hydrogens (primary N) is 1. The lowest BCUT2D eigenvalue weighted by molar-refractivity contribution is 0.0530. The lowest BCUT2D eigenvalue weighted by atomic mass is 9.91. The Balaban J connectivity index is 2.14. The predicted molar refractivity (Wildman–Crippen MR) is 69.2 cm³/mol. The van der Waals surface area contributed by atoms with Crippen molar-refractivity contribution in [3.8, 4) is 0 Å². The van der Waals surface area contributed by atoms with Crippen molar-refractivity contribution in [2.75, 3.05) is 18.9 Å². The standard InChI is InChI=1S/C12H18N2O2S/c1-8-10(13)7-11(17-8)12(16)14(5-6-15)9-3-2-4-9/h7,9,15H,2-6,13H2,1H3. The zero-order chi connectivity index (χ0) is 12.4. The first kappa shape index (κ1) is 12.4. The molecule has 0 spiro atoms. The highest BCUT2D eigenvalue weighted by Crippen LogP contribution is 2.29. The van der Waals surface area contributed by atoms with E-state index in [1.165, 1.54) is 17.8 Å². The molecule has 17 heavy (non-hydrogen) atoms. The fraction of sp³-hybridized carbons (Fsp3) is 0.583. The largest absolute Gasteiger partial charge is 0.398 e. The SMILES string of the molecule is Cc1sc(C(=O)N(CCO)C2CCC2)cc1N. The molecule has 94 valence electrons. The quantitative estimate of drug-likeness (QED) is 0.858. The van der Waals surface area contributed by atoms with Gasteiger partial charge in [0, 0.05) is 23.2 Å². The average Bonchev–Trinajstić information content (AvgIpc) is 2.55. The minimum Gasteiger partial charge on any atom is -0.398 e. The van der Waals surface area contributed by atoms with E-state index in [1.807, 2.05) is 6.92 Å². The molecule has 0 bridgehead atoms. The van der Waals surface area contributed by atoms with Crippen LogP contribution in [0.5, 0.6) is 0 Å². The van der Waals surface area contributed by atoms with Gasteiger partial charge in [-0.25, -0.2) is 0 Å². The molecule has 0 aromatic carbocycles. The minimum atomic E-state index is 0.00792. The molecular formula is C12H18N2O2S. The van der Waals surface area contributed by atoms with Gasteiger partial charge in [-0.3, -0.25) is 4.79 Å². The summed E-state index contributed by atoms with van der Waals surface area (Å²) in [6.07, 6.45) is 3.27. The highest BCUT2D eigenvalue weighted by Gasteiger charge is 2.29. The number of nitrogens with zero attached hydrogens (tertiary/aromatic N) is 1. The van der Waals surface area contributed by atoms with E-state index in [0.29, 0.717) is 23.2 Å². The summed E-state index contributed by atoms with van der Waals surface area (Å²) in [6, 6.07) is 2.05. The van der Waals surface area contributed by atoms with Crippen LogP contribution in [0.2, 0.25) is 0 Å². The number of carbonyl (C=O) groups excluding carboxylic acids is 1. The maximum Gasteiger partial charge on any atom is 0.264 e.